The van der Waals surface area contributed by atoms with Gasteiger partial charge in [0.2, 0.25) is 11.8 Å². The number of nitrogens with zero attached hydrogens (tertiary/aromatic N) is 4. The summed E-state index contributed by atoms with van der Waals surface area (Å²) in [6, 6.07) is 5.39. The standard InChI is InChI=1S/C29H43N5O4S.2C2H6/c1-19(2)20(3)29(37)34-17-24(35)15-25(34)28(36)30-16-23-7-6-22(27-21(4)31-18-39-27)14-26(23)38-13-12-33-10-8-32(5)9-11-33;2*1-2/h6-7,14,18-20,24-25,35H,8-13,15-17H2,1-5H3,(H,30,36);2*1-2H3. The van der Waals surface area contributed by atoms with E-state index in [1.54, 1.807) is 16.2 Å². The molecule has 0 saturated carbocycles. The molecule has 10 heteroatoms. The second-order valence-electron chi connectivity index (χ2n) is 11.2. The smallest absolute Gasteiger partial charge is 0.243 e. The number of carbonyl (C=O) groups excluding carboxylic acids is 2. The number of thiazole rings is 1. The number of hydrogen-bond acceptors (Lipinski definition) is 8. The zero-order chi connectivity index (χ0) is 32.1. The highest BCUT2D eigenvalue weighted by molar-refractivity contribution is 7.13. The molecule has 1 aromatic heterocycles. The molecule has 2 saturated heterocycles. The van der Waals surface area contributed by atoms with E-state index in [1.807, 2.05) is 79.1 Å². The molecule has 43 heavy (non-hydrogen) atoms. The van der Waals surface area contributed by atoms with Gasteiger partial charge in [-0.25, -0.2) is 4.98 Å². The maximum atomic E-state index is 13.3. The van der Waals surface area contributed by atoms with Crippen LogP contribution in [0.25, 0.3) is 10.4 Å². The number of nitrogens with one attached hydrogen (secondary N) is 1. The summed E-state index contributed by atoms with van der Waals surface area (Å²) in [5.74, 6) is 0.349. The highest BCUT2D eigenvalue weighted by Gasteiger charge is 2.40. The van der Waals surface area contributed by atoms with E-state index in [-0.39, 0.29) is 43.2 Å². The average molecular weight is 618 g/mol. The molecule has 2 aliphatic rings. The minimum absolute atomic E-state index is 0.0843. The first kappa shape index (κ1) is 36.7. The van der Waals surface area contributed by atoms with Crippen LogP contribution in [0.4, 0.5) is 0 Å². The third-order valence-electron chi connectivity index (χ3n) is 8.04. The van der Waals surface area contributed by atoms with Gasteiger partial charge in [-0.1, -0.05) is 60.6 Å². The number of carbonyl (C=O) groups is 2. The molecule has 2 aromatic rings. The first-order valence-corrected chi connectivity index (χ1v) is 16.8. The number of piperazine rings is 1. The maximum absolute atomic E-state index is 13.3. The first-order valence-electron chi connectivity index (χ1n) is 16.0. The molecule has 9 nitrogen and oxygen atoms in total. The molecule has 0 bridgehead atoms. The van der Waals surface area contributed by atoms with Gasteiger partial charge < -0.3 is 25.0 Å². The Labute approximate surface area is 263 Å². The van der Waals surface area contributed by atoms with Crippen molar-refractivity contribution in [1.29, 1.82) is 0 Å². The number of hydrogen-bond donors (Lipinski definition) is 2. The second kappa shape index (κ2) is 18.3. The van der Waals surface area contributed by atoms with E-state index < -0.39 is 12.1 Å². The largest absolute Gasteiger partial charge is 0.492 e. The van der Waals surface area contributed by atoms with Gasteiger partial charge in [0, 0.05) is 63.7 Å². The molecule has 1 aromatic carbocycles. The van der Waals surface area contributed by atoms with E-state index >= 15 is 0 Å². The molecule has 0 aliphatic carbocycles. The Bertz CT molecular complexity index is 1130. The van der Waals surface area contributed by atoms with Crippen molar-refractivity contribution in [2.24, 2.45) is 11.8 Å². The Morgan fingerprint density at radius 3 is 2.40 bits per heavy atom. The summed E-state index contributed by atoms with van der Waals surface area (Å²) >= 11 is 1.60. The van der Waals surface area contributed by atoms with E-state index in [2.05, 4.69) is 27.1 Å². The number of β-amino-alcohol motifs (C(OH)–C–C–N with tert-alkyl or cyclic N) is 1. The van der Waals surface area contributed by atoms with Gasteiger partial charge in [0.1, 0.15) is 18.4 Å². The lowest BCUT2D eigenvalue weighted by Crippen LogP contribution is -2.48. The zero-order valence-electron chi connectivity index (χ0n) is 27.9. The van der Waals surface area contributed by atoms with E-state index in [0.29, 0.717) is 6.61 Å². The third kappa shape index (κ3) is 10.3. The van der Waals surface area contributed by atoms with Gasteiger partial charge in [0.15, 0.2) is 0 Å². The van der Waals surface area contributed by atoms with Crippen LogP contribution in [-0.2, 0) is 16.1 Å². The number of likely N-dealkylation sites (N-methyl/N-ethyl adjacent to an activating group) is 1. The molecule has 242 valence electrons. The van der Waals surface area contributed by atoms with Crippen LogP contribution in [0.15, 0.2) is 23.7 Å². The van der Waals surface area contributed by atoms with Gasteiger partial charge >= 0.3 is 0 Å². The highest BCUT2D eigenvalue weighted by Crippen LogP contribution is 2.32. The van der Waals surface area contributed by atoms with Crippen molar-refractivity contribution in [2.75, 3.05) is 52.9 Å². The molecule has 2 fully saturated rings. The van der Waals surface area contributed by atoms with Crippen LogP contribution < -0.4 is 10.1 Å². The Morgan fingerprint density at radius 1 is 1.12 bits per heavy atom. The molecule has 0 radical (unpaired) electrons. The summed E-state index contributed by atoms with van der Waals surface area (Å²) in [7, 11) is 2.15. The van der Waals surface area contributed by atoms with Crippen molar-refractivity contribution in [3.05, 3.63) is 35.0 Å². The summed E-state index contributed by atoms with van der Waals surface area (Å²) < 4.78 is 6.31. The molecule has 0 spiro atoms. The van der Waals surface area contributed by atoms with Crippen molar-refractivity contribution >= 4 is 23.2 Å². The minimum Gasteiger partial charge on any atom is -0.492 e. The molecule has 3 atom stereocenters. The molecular weight excluding hydrogens is 562 g/mol. The lowest BCUT2D eigenvalue weighted by Gasteiger charge is -2.32. The number of ether oxygens (including phenoxy) is 1. The molecule has 3 heterocycles. The SMILES string of the molecule is CC.CC.Cc1ncsc1-c1ccc(CNC(=O)C2CC(O)CN2C(=O)C(C)C(C)C)c(OCCN2CCN(C)CC2)c1. The van der Waals surface area contributed by atoms with Crippen molar-refractivity contribution in [3.63, 3.8) is 0 Å². The van der Waals surface area contributed by atoms with E-state index in [0.717, 1.165) is 60.2 Å². The molecule has 2 aliphatic heterocycles. The molecular formula is C33H55N5O4S. The Hall–Kier alpha value is -2.53. The third-order valence-corrected chi connectivity index (χ3v) is 9.02. The highest BCUT2D eigenvalue weighted by atomic mass is 32.1. The van der Waals surface area contributed by atoms with Gasteiger partial charge in [-0.05, 0) is 31.5 Å². The van der Waals surface area contributed by atoms with E-state index in [9.17, 15) is 14.7 Å². The summed E-state index contributed by atoms with van der Waals surface area (Å²) in [5.41, 5.74) is 4.73. The normalized spacial score (nSPS) is 19.7. The van der Waals surface area contributed by atoms with Crippen molar-refractivity contribution in [3.8, 4) is 16.2 Å². The van der Waals surface area contributed by atoms with Crippen LogP contribution in [0.2, 0.25) is 0 Å². The van der Waals surface area contributed by atoms with Crippen LogP contribution in [-0.4, -0.2) is 102 Å². The second-order valence-corrected chi connectivity index (χ2v) is 12.1. The molecule has 2 amide bonds. The van der Waals surface area contributed by atoms with Gasteiger partial charge in [-0.15, -0.1) is 11.3 Å². The average Bonchev–Trinajstić information content (AvgIpc) is 3.63. The number of aliphatic hydroxyl groups is 1. The molecule has 3 unspecified atom stereocenters. The number of amides is 2. The summed E-state index contributed by atoms with van der Waals surface area (Å²) in [6.45, 7) is 21.9. The van der Waals surface area contributed by atoms with Gasteiger partial charge in [0.25, 0.3) is 0 Å². The lowest BCUT2D eigenvalue weighted by molar-refractivity contribution is -0.142. The van der Waals surface area contributed by atoms with Crippen LogP contribution in [0.1, 0.15) is 66.1 Å². The number of aromatic nitrogens is 1. The maximum Gasteiger partial charge on any atom is 0.243 e. The van der Waals surface area contributed by atoms with Gasteiger partial charge in [0.05, 0.1) is 22.2 Å². The fraction of sp³-hybridized carbons (Fsp3) is 0.667. The molecule has 2 N–H and O–H groups in total. The summed E-state index contributed by atoms with van der Waals surface area (Å²) in [6.07, 6.45) is -0.445. The molecule has 4 rings (SSSR count). The summed E-state index contributed by atoms with van der Waals surface area (Å²) in [4.78, 5) is 38.1. The number of aliphatic hydroxyl groups excluding tert-OH is 1. The van der Waals surface area contributed by atoms with Crippen molar-refractivity contribution in [1.82, 2.24) is 25.0 Å². The number of benzene rings is 1. The number of likely N-dealkylation sites (tertiary alicyclic amines) is 1. The van der Waals surface area contributed by atoms with Crippen LogP contribution in [0, 0.1) is 18.8 Å². The number of aryl methyl sites for hydroxylation is 1. The van der Waals surface area contributed by atoms with Gasteiger partial charge in [-0.3, -0.25) is 14.5 Å². The quantitative estimate of drug-likeness (QED) is 0.400. The van der Waals surface area contributed by atoms with Crippen LogP contribution in [0.3, 0.4) is 0 Å². The van der Waals surface area contributed by atoms with Crippen LogP contribution >= 0.6 is 11.3 Å². The summed E-state index contributed by atoms with van der Waals surface area (Å²) in [5, 5.41) is 13.3. The minimum atomic E-state index is -0.695. The van der Waals surface area contributed by atoms with E-state index in [4.69, 9.17) is 4.74 Å². The monoisotopic (exact) mass is 617 g/mol. The fourth-order valence-corrected chi connectivity index (χ4v) is 5.87. The fourth-order valence-electron chi connectivity index (χ4n) is 5.06. The van der Waals surface area contributed by atoms with Crippen LogP contribution in [0.5, 0.6) is 5.75 Å². The predicted octanol–water partition coefficient (Wildman–Crippen LogP) is 4.67. The number of rotatable bonds is 10. The Balaban J connectivity index is 0.00000155. The topological polar surface area (TPSA) is 98.2 Å². The predicted molar refractivity (Wildman–Crippen MR) is 176 cm³/mol. The first-order chi connectivity index (χ1) is 20.6. The van der Waals surface area contributed by atoms with Crippen molar-refractivity contribution < 1.29 is 19.4 Å². The van der Waals surface area contributed by atoms with Gasteiger partial charge in [-0.2, -0.15) is 0 Å². The van der Waals surface area contributed by atoms with Crippen molar-refractivity contribution in [2.45, 2.75) is 80.5 Å². The zero-order valence-corrected chi connectivity index (χ0v) is 28.7. The van der Waals surface area contributed by atoms with E-state index in [1.165, 1.54) is 0 Å². The lowest BCUT2D eigenvalue weighted by atomic mass is 9.96. The Morgan fingerprint density at radius 2 is 1.79 bits per heavy atom. The Kier molecular flexibility index (Phi) is 15.6.